The highest BCUT2D eigenvalue weighted by molar-refractivity contribution is 4.90. The van der Waals surface area contributed by atoms with Crippen molar-refractivity contribution in [3.63, 3.8) is 0 Å². The molecule has 2 aliphatic rings. The van der Waals surface area contributed by atoms with Crippen LogP contribution in [0.4, 0.5) is 0 Å². The Morgan fingerprint density at radius 2 is 1.73 bits per heavy atom. The van der Waals surface area contributed by atoms with Crippen LogP contribution in [0.3, 0.4) is 0 Å². The van der Waals surface area contributed by atoms with Crippen molar-refractivity contribution in [1.29, 1.82) is 0 Å². The minimum atomic E-state index is -0.107. The molecule has 2 N–H and O–H groups in total. The molecule has 3 heteroatoms. The van der Waals surface area contributed by atoms with Crippen molar-refractivity contribution in [1.82, 2.24) is 0 Å². The van der Waals surface area contributed by atoms with Crippen LogP contribution < -0.4 is 0 Å². The lowest BCUT2D eigenvalue weighted by Crippen LogP contribution is -2.44. The number of fused-ring (bicyclic) bond motifs is 1. The fourth-order valence-electron chi connectivity index (χ4n) is 3.30. The summed E-state index contributed by atoms with van der Waals surface area (Å²) >= 11 is 0. The molecule has 0 spiro atoms. The van der Waals surface area contributed by atoms with Crippen molar-refractivity contribution < 1.29 is 14.9 Å². The summed E-state index contributed by atoms with van der Waals surface area (Å²) in [4.78, 5) is 0. The fourth-order valence-corrected chi connectivity index (χ4v) is 3.30. The van der Waals surface area contributed by atoms with E-state index >= 15 is 0 Å². The summed E-state index contributed by atoms with van der Waals surface area (Å²) in [6.45, 7) is 0.556. The highest BCUT2D eigenvalue weighted by atomic mass is 16.5. The molecule has 4 atom stereocenters. The molecule has 0 aromatic rings. The minimum Gasteiger partial charge on any atom is -0.394 e. The van der Waals surface area contributed by atoms with Gasteiger partial charge in [0.1, 0.15) is 0 Å². The van der Waals surface area contributed by atoms with Gasteiger partial charge in [0.15, 0.2) is 0 Å². The standard InChI is InChI=1S/C12H22O3/c13-7-8-15-12-6-5-11(14)9-3-1-2-4-10(9)12/h9-14H,1-8H2/t9-,10+,11-,12+/m1/s1. The molecule has 2 saturated carbocycles. The lowest BCUT2D eigenvalue weighted by molar-refractivity contribution is -0.0970. The van der Waals surface area contributed by atoms with Crippen LogP contribution in [0, 0.1) is 11.8 Å². The SMILES string of the molecule is OCCO[C@H]1CC[C@@H](O)[C@@H]2CCCC[C@@H]21. The van der Waals surface area contributed by atoms with Crippen LogP contribution in [-0.2, 0) is 4.74 Å². The molecule has 0 aromatic heterocycles. The average molecular weight is 214 g/mol. The normalized spacial score (nSPS) is 41.2. The first kappa shape index (κ1) is 11.4. The second-order valence-electron chi connectivity index (χ2n) is 4.89. The van der Waals surface area contributed by atoms with Gasteiger partial charge in [0, 0.05) is 0 Å². The Kier molecular flexibility index (Phi) is 4.00. The third kappa shape index (κ3) is 2.52. The Bertz CT molecular complexity index is 193. The maximum absolute atomic E-state index is 9.94. The highest BCUT2D eigenvalue weighted by Gasteiger charge is 2.40. The molecule has 3 nitrogen and oxygen atoms in total. The second kappa shape index (κ2) is 5.28. The maximum atomic E-state index is 9.94. The van der Waals surface area contributed by atoms with Gasteiger partial charge in [-0.15, -0.1) is 0 Å². The fraction of sp³-hybridized carbons (Fsp3) is 1.00. The third-order valence-corrected chi connectivity index (χ3v) is 4.02. The zero-order valence-corrected chi connectivity index (χ0v) is 9.27. The zero-order chi connectivity index (χ0) is 10.7. The lowest BCUT2D eigenvalue weighted by atomic mass is 9.68. The highest BCUT2D eigenvalue weighted by Crippen LogP contribution is 2.41. The van der Waals surface area contributed by atoms with Gasteiger partial charge in [-0.05, 0) is 37.5 Å². The number of aliphatic hydroxyl groups excluding tert-OH is 2. The topological polar surface area (TPSA) is 49.7 Å². The summed E-state index contributed by atoms with van der Waals surface area (Å²) in [7, 11) is 0. The Hall–Kier alpha value is -0.120. The van der Waals surface area contributed by atoms with E-state index in [-0.39, 0.29) is 18.8 Å². The number of rotatable bonds is 3. The Morgan fingerprint density at radius 1 is 1.00 bits per heavy atom. The van der Waals surface area contributed by atoms with Crippen molar-refractivity contribution in [3.05, 3.63) is 0 Å². The van der Waals surface area contributed by atoms with Crippen molar-refractivity contribution >= 4 is 0 Å². The predicted molar refractivity (Wildman–Crippen MR) is 57.5 cm³/mol. The summed E-state index contributed by atoms with van der Waals surface area (Å²) in [6.07, 6.45) is 6.88. The molecule has 2 aliphatic carbocycles. The molecule has 0 unspecified atom stereocenters. The smallest absolute Gasteiger partial charge is 0.0701 e. The van der Waals surface area contributed by atoms with Gasteiger partial charge in [0.25, 0.3) is 0 Å². The summed E-state index contributed by atoms with van der Waals surface area (Å²) in [5.41, 5.74) is 0. The van der Waals surface area contributed by atoms with Gasteiger partial charge in [-0.3, -0.25) is 0 Å². The molecular weight excluding hydrogens is 192 g/mol. The molecule has 0 aliphatic heterocycles. The van der Waals surface area contributed by atoms with Crippen molar-refractivity contribution in [2.75, 3.05) is 13.2 Å². The van der Waals surface area contributed by atoms with Crippen LogP contribution in [-0.4, -0.2) is 35.6 Å². The van der Waals surface area contributed by atoms with Gasteiger partial charge in [0.05, 0.1) is 25.4 Å². The monoisotopic (exact) mass is 214 g/mol. The van der Waals surface area contributed by atoms with Crippen LogP contribution in [0.25, 0.3) is 0 Å². The van der Waals surface area contributed by atoms with Crippen LogP contribution in [0.5, 0.6) is 0 Å². The van der Waals surface area contributed by atoms with Crippen LogP contribution in [0.1, 0.15) is 38.5 Å². The number of hydrogen-bond acceptors (Lipinski definition) is 3. The van der Waals surface area contributed by atoms with E-state index in [4.69, 9.17) is 9.84 Å². The van der Waals surface area contributed by atoms with E-state index < -0.39 is 0 Å². The van der Waals surface area contributed by atoms with E-state index in [0.717, 1.165) is 19.3 Å². The summed E-state index contributed by atoms with van der Waals surface area (Å²) in [5.74, 6) is 0.991. The zero-order valence-electron chi connectivity index (χ0n) is 9.27. The first-order valence-corrected chi connectivity index (χ1v) is 6.23. The maximum Gasteiger partial charge on any atom is 0.0701 e. The van der Waals surface area contributed by atoms with Crippen molar-refractivity contribution in [3.8, 4) is 0 Å². The summed E-state index contributed by atoms with van der Waals surface area (Å²) < 4.78 is 5.69. The van der Waals surface area contributed by atoms with E-state index in [9.17, 15) is 5.11 Å². The van der Waals surface area contributed by atoms with Gasteiger partial charge in [-0.25, -0.2) is 0 Å². The van der Waals surface area contributed by atoms with Crippen molar-refractivity contribution in [2.24, 2.45) is 11.8 Å². The van der Waals surface area contributed by atoms with Gasteiger partial charge in [-0.2, -0.15) is 0 Å². The molecule has 88 valence electrons. The molecule has 0 heterocycles. The van der Waals surface area contributed by atoms with Crippen LogP contribution in [0.15, 0.2) is 0 Å². The molecule has 0 bridgehead atoms. The van der Waals surface area contributed by atoms with Gasteiger partial charge in [-0.1, -0.05) is 12.8 Å². The number of aliphatic hydroxyl groups is 2. The first-order chi connectivity index (χ1) is 7.33. The van der Waals surface area contributed by atoms with E-state index in [2.05, 4.69) is 0 Å². The Balaban J connectivity index is 1.94. The summed E-state index contributed by atoms with van der Waals surface area (Å²) in [6, 6.07) is 0. The van der Waals surface area contributed by atoms with Gasteiger partial charge < -0.3 is 14.9 Å². The summed E-state index contributed by atoms with van der Waals surface area (Å²) in [5, 5.41) is 18.7. The Morgan fingerprint density at radius 3 is 2.47 bits per heavy atom. The molecule has 2 rings (SSSR count). The number of ether oxygens (including phenoxy) is 1. The lowest BCUT2D eigenvalue weighted by Gasteiger charge is -2.43. The van der Waals surface area contributed by atoms with Crippen molar-refractivity contribution in [2.45, 2.75) is 50.7 Å². The average Bonchev–Trinajstić information content (AvgIpc) is 2.29. The van der Waals surface area contributed by atoms with Gasteiger partial charge >= 0.3 is 0 Å². The second-order valence-corrected chi connectivity index (χ2v) is 4.89. The van der Waals surface area contributed by atoms with Crippen LogP contribution in [0.2, 0.25) is 0 Å². The Labute approximate surface area is 91.4 Å². The molecule has 2 fully saturated rings. The predicted octanol–water partition coefficient (Wildman–Crippen LogP) is 1.32. The molecule has 0 aromatic carbocycles. The first-order valence-electron chi connectivity index (χ1n) is 6.23. The molecular formula is C12H22O3. The number of hydrogen-bond donors (Lipinski definition) is 2. The van der Waals surface area contributed by atoms with E-state index in [1.807, 2.05) is 0 Å². The molecule has 0 amide bonds. The molecule has 0 saturated heterocycles. The van der Waals surface area contributed by atoms with Crippen LogP contribution >= 0.6 is 0 Å². The third-order valence-electron chi connectivity index (χ3n) is 4.02. The molecule has 0 radical (unpaired) electrons. The molecule has 15 heavy (non-hydrogen) atoms. The van der Waals surface area contributed by atoms with E-state index in [1.165, 1.54) is 19.3 Å². The minimum absolute atomic E-state index is 0.107. The van der Waals surface area contributed by atoms with E-state index in [1.54, 1.807) is 0 Å². The quantitative estimate of drug-likeness (QED) is 0.745. The van der Waals surface area contributed by atoms with Gasteiger partial charge in [0.2, 0.25) is 0 Å². The largest absolute Gasteiger partial charge is 0.394 e. The van der Waals surface area contributed by atoms with E-state index in [0.29, 0.717) is 18.4 Å².